The molecular formula is C50H71N11O18. The Morgan fingerprint density at radius 3 is 1.96 bits per heavy atom. The van der Waals surface area contributed by atoms with E-state index in [9.17, 15) is 78.3 Å². The zero-order chi connectivity index (χ0) is 58.5. The van der Waals surface area contributed by atoms with Crippen molar-refractivity contribution in [1.82, 2.24) is 55.6 Å². The SMILES string of the molecule is CCCCn1cc(COc2ccc(CN(CCCCCC(=O)NCCCC[C@H](NC(=O)N[C@@H](CCC(=O)O)C(=O)O)C(=O)O)Cc3nccn3CC(=O)N(CC(C)=O)CC(=O)NC(CC(=O)O)(CC(=O)O)CC(=O)O)cc2)nn1. The summed E-state index contributed by atoms with van der Waals surface area (Å²) in [5.41, 5.74) is -0.690. The Morgan fingerprint density at radius 2 is 1.37 bits per heavy atom. The summed E-state index contributed by atoms with van der Waals surface area (Å²) < 4.78 is 9.24. The van der Waals surface area contributed by atoms with Crippen LogP contribution in [-0.2, 0) is 80.7 Å². The second-order valence-electron chi connectivity index (χ2n) is 18.9. The predicted octanol–water partition coefficient (Wildman–Crippen LogP) is 1.47. The van der Waals surface area contributed by atoms with Crippen LogP contribution in [0.5, 0.6) is 5.75 Å². The molecule has 2 atom stereocenters. The molecule has 0 saturated carbocycles. The summed E-state index contributed by atoms with van der Waals surface area (Å²) in [6, 6.07) is 3.41. The van der Waals surface area contributed by atoms with Gasteiger partial charge >= 0.3 is 41.8 Å². The van der Waals surface area contributed by atoms with Gasteiger partial charge in [0.15, 0.2) is 0 Å². The van der Waals surface area contributed by atoms with Crippen LogP contribution >= 0.6 is 0 Å². The van der Waals surface area contributed by atoms with Gasteiger partial charge in [-0.2, -0.15) is 0 Å². The molecule has 434 valence electrons. The smallest absolute Gasteiger partial charge is 0.326 e. The highest BCUT2D eigenvalue weighted by molar-refractivity contribution is 5.90. The highest BCUT2D eigenvalue weighted by Crippen LogP contribution is 2.22. The average molecular weight is 1110 g/mol. The third-order valence-corrected chi connectivity index (χ3v) is 12.0. The minimum absolute atomic E-state index is 0.0369. The van der Waals surface area contributed by atoms with Gasteiger partial charge in [-0.05, 0) is 76.1 Å². The van der Waals surface area contributed by atoms with Crippen LogP contribution in [0.2, 0.25) is 0 Å². The van der Waals surface area contributed by atoms with Crippen LogP contribution < -0.4 is 26.0 Å². The van der Waals surface area contributed by atoms with Crippen LogP contribution in [0.15, 0.2) is 42.9 Å². The average Bonchev–Trinajstić information content (AvgIpc) is 4.01. The standard InChI is InChI=1S/C50H71N11O18/c1-3-4-21-61-28-35(56-57-61)32-79-36-14-12-34(13-15-36)27-58(20-9-5-6-11-40(63)52-18-8-7-10-37(47(74)75)53-49(78)54-38(48(76)77)16-17-43(66)67)29-39-51-19-22-59(39)31-42(65)60(26-33(2)62)30-41(64)55-50(23-44(68)69,24-45(70)71)25-46(72)73/h12-15,19,22,28,37-38H,3-11,16-18,20-21,23-27,29-32H2,1-2H3,(H,52,63)(H,55,64)(H,66,67)(H,68,69)(H,70,71)(H,72,73)(H,74,75)(H,76,77)(H2,53,54,78)/t37-,38-/m0/s1. The Labute approximate surface area is 454 Å². The molecule has 5 amide bonds. The Balaban J connectivity index is 1.65. The highest BCUT2D eigenvalue weighted by Gasteiger charge is 2.40. The molecule has 2 aromatic heterocycles. The number of carboxylic acids is 6. The van der Waals surface area contributed by atoms with E-state index in [1.54, 1.807) is 4.68 Å². The number of benzene rings is 1. The van der Waals surface area contributed by atoms with Crippen molar-refractivity contribution in [3.63, 3.8) is 0 Å². The fourth-order valence-corrected chi connectivity index (χ4v) is 8.16. The summed E-state index contributed by atoms with van der Waals surface area (Å²) in [6.45, 7) is 3.70. The van der Waals surface area contributed by atoms with Crippen LogP contribution in [0.1, 0.15) is 121 Å². The maximum Gasteiger partial charge on any atom is 0.326 e. The number of aliphatic carboxylic acids is 6. The van der Waals surface area contributed by atoms with Crippen molar-refractivity contribution in [3.05, 3.63) is 59.9 Å². The molecule has 0 aliphatic rings. The van der Waals surface area contributed by atoms with Crippen LogP contribution in [0, 0.1) is 0 Å². The van der Waals surface area contributed by atoms with Gasteiger partial charge in [0.1, 0.15) is 54.8 Å². The van der Waals surface area contributed by atoms with Crippen LogP contribution in [0.4, 0.5) is 4.79 Å². The summed E-state index contributed by atoms with van der Waals surface area (Å²) in [7, 11) is 0. The second-order valence-corrected chi connectivity index (χ2v) is 18.9. The van der Waals surface area contributed by atoms with Crippen molar-refractivity contribution in [3.8, 4) is 5.75 Å². The number of carbonyl (C=O) groups excluding carboxylic acids is 5. The van der Waals surface area contributed by atoms with Gasteiger partial charge < -0.3 is 66.1 Å². The fraction of sp³-hybridized carbons (Fsp3) is 0.560. The fourth-order valence-electron chi connectivity index (χ4n) is 8.16. The van der Waals surface area contributed by atoms with Gasteiger partial charge in [0, 0.05) is 44.9 Å². The Hall–Kier alpha value is -8.50. The first-order valence-electron chi connectivity index (χ1n) is 25.5. The third kappa shape index (κ3) is 25.9. The number of aromatic nitrogens is 5. The quantitative estimate of drug-likeness (QED) is 0.0360. The van der Waals surface area contributed by atoms with Gasteiger partial charge in [-0.3, -0.25) is 47.9 Å². The molecule has 2 heterocycles. The van der Waals surface area contributed by atoms with E-state index in [2.05, 4.69) is 48.4 Å². The van der Waals surface area contributed by atoms with Crippen LogP contribution in [0.25, 0.3) is 0 Å². The molecule has 79 heavy (non-hydrogen) atoms. The lowest BCUT2D eigenvalue weighted by Gasteiger charge is -2.32. The molecule has 3 aromatic rings. The number of aryl methyl sites for hydroxylation is 1. The monoisotopic (exact) mass is 1110 g/mol. The minimum Gasteiger partial charge on any atom is -0.487 e. The number of nitrogens with zero attached hydrogens (tertiary/aromatic N) is 7. The topological polar surface area (TPSA) is 422 Å². The molecule has 0 radical (unpaired) electrons. The minimum atomic E-state index is -2.25. The molecular weight excluding hydrogens is 1040 g/mol. The molecule has 29 heteroatoms. The number of carbonyl (C=O) groups is 11. The number of urea groups is 1. The van der Waals surface area contributed by atoms with E-state index >= 15 is 0 Å². The lowest BCUT2D eigenvalue weighted by Crippen LogP contribution is -2.55. The van der Waals surface area contributed by atoms with Gasteiger partial charge in [-0.15, -0.1) is 5.10 Å². The van der Waals surface area contributed by atoms with Crippen LogP contribution in [0.3, 0.4) is 0 Å². The number of Topliss-reactive ketones (excluding diaryl/α,β-unsaturated/α-hetero) is 1. The van der Waals surface area contributed by atoms with Gasteiger partial charge in [0.05, 0.1) is 44.1 Å². The van der Waals surface area contributed by atoms with Crippen molar-refractivity contribution >= 4 is 65.4 Å². The maximum atomic E-state index is 13.8. The number of rotatable bonds is 41. The number of carboxylic acid groups (broad SMARTS) is 6. The van der Waals surface area contributed by atoms with Crippen molar-refractivity contribution < 1.29 is 88.1 Å². The molecule has 10 N–H and O–H groups in total. The molecule has 0 aliphatic carbocycles. The third-order valence-electron chi connectivity index (χ3n) is 12.0. The molecule has 0 saturated heterocycles. The maximum absolute atomic E-state index is 13.8. The van der Waals surface area contributed by atoms with E-state index < -0.39 is 129 Å². The molecule has 1 aromatic carbocycles. The van der Waals surface area contributed by atoms with Crippen molar-refractivity contribution in [2.24, 2.45) is 0 Å². The van der Waals surface area contributed by atoms with E-state index in [0.717, 1.165) is 29.8 Å². The summed E-state index contributed by atoms with van der Waals surface area (Å²) in [5, 5.41) is 73.6. The normalized spacial score (nSPS) is 11.9. The van der Waals surface area contributed by atoms with E-state index in [1.807, 2.05) is 30.5 Å². The largest absolute Gasteiger partial charge is 0.487 e. The number of amides is 5. The summed E-state index contributed by atoms with van der Waals surface area (Å²) in [4.78, 5) is 141. The van der Waals surface area contributed by atoms with Gasteiger partial charge in [0.25, 0.3) is 0 Å². The van der Waals surface area contributed by atoms with E-state index in [1.165, 1.54) is 23.9 Å². The first-order valence-corrected chi connectivity index (χ1v) is 25.5. The summed E-state index contributed by atoms with van der Waals surface area (Å²) in [5.74, 6) is -10.4. The number of imidazole rings is 1. The molecule has 0 unspecified atom stereocenters. The van der Waals surface area contributed by atoms with E-state index in [-0.39, 0.29) is 44.9 Å². The van der Waals surface area contributed by atoms with Crippen molar-refractivity contribution in [2.75, 3.05) is 26.2 Å². The molecule has 29 nitrogen and oxygen atoms in total. The lowest BCUT2D eigenvalue weighted by atomic mass is 9.87. The van der Waals surface area contributed by atoms with Crippen molar-refractivity contribution in [2.45, 2.75) is 154 Å². The van der Waals surface area contributed by atoms with E-state index in [4.69, 9.17) is 9.84 Å². The number of unbranched alkanes of at least 4 members (excludes halogenated alkanes) is 4. The number of ketones is 1. The lowest BCUT2D eigenvalue weighted by molar-refractivity contribution is -0.147. The zero-order valence-electron chi connectivity index (χ0n) is 44.2. The van der Waals surface area contributed by atoms with Gasteiger partial charge in [-0.1, -0.05) is 37.1 Å². The van der Waals surface area contributed by atoms with Crippen LogP contribution in [-0.4, -0.2) is 174 Å². The summed E-state index contributed by atoms with van der Waals surface area (Å²) >= 11 is 0. The van der Waals surface area contributed by atoms with Gasteiger partial charge in [0.2, 0.25) is 17.7 Å². The van der Waals surface area contributed by atoms with Crippen molar-refractivity contribution in [1.29, 1.82) is 0 Å². The first-order chi connectivity index (χ1) is 37.5. The highest BCUT2D eigenvalue weighted by atomic mass is 16.5. The predicted molar refractivity (Wildman–Crippen MR) is 274 cm³/mol. The molecule has 0 aliphatic heterocycles. The Bertz CT molecular complexity index is 2510. The Morgan fingerprint density at radius 1 is 0.722 bits per heavy atom. The van der Waals surface area contributed by atoms with E-state index in [0.29, 0.717) is 56.0 Å². The second kappa shape index (κ2) is 33.6. The van der Waals surface area contributed by atoms with Gasteiger partial charge in [-0.25, -0.2) is 19.4 Å². The molecule has 0 spiro atoms. The number of hydrogen-bond acceptors (Lipinski definition) is 16. The Kier molecular flexibility index (Phi) is 27.6. The molecule has 0 bridgehead atoms. The number of ether oxygens (including phenoxy) is 1. The number of nitrogens with one attached hydrogen (secondary N) is 4. The molecule has 3 rings (SSSR count). The molecule has 0 fully saturated rings. The summed E-state index contributed by atoms with van der Waals surface area (Å²) in [6.07, 6.45) is 5.22. The number of hydrogen-bond donors (Lipinski definition) is 10. The zero-order valence-corrected chi connectivity index (χ0v) is 44.2. The first kappa shape index (κ1) is 64.8.